The molecule has 0 radical (unpaired) electrons. The highest BCUT2D eigenvalue weighted by atomic mass is 32.2. The van der Waals surface area contributed by atoms with E-state index in [0.717, 1.165) is 30.3 Å². The Kier molecular flexibility index (Phi) is 5.49. The molecule has 4 aromatic rings. The van der Waals surface area contributed by atoms with Gasteiger partial charge >= 0.3 is 0 Å². The van der Waals surface area contributed by atoms with Crippen LogP contribution >= 0.6 is 11.8 Å². The number of hydrogen-bond acceptors (Lipinski definition) is 5. The lowest BCUT2D eigenvalue weighted by Crippen LogP contribution is -2.23. The molecule has 1 N–H and O–H groups in total. The zero-order valence-corrected chi connectivity index (χ0v) is 16.7. The predicted molar refractivity (Wildman–Crippen MR) is 111 cm³/mol. The fraction of sp³-hybridized carbons (Fsp3) is 0.200. The molecule has 0 spiro atoms. The van der Waals surface area contributed by atoms with Crippen molar-refractivity contribution in [3.8, 4) is 0 Å². The van der Waals surface area contributed by atoms with Gasteiger partial charge in [0.05, 0.1) is 16.7 Å². The SMILES string of the molecule is CCCn1c(=O)c2ccccc2n2c(SCC(=O)Nc3ccc(F)c(F)c3)nnc12. The quantitative estimate of drug-likeness (QED) is 0.475. The van der Waals surface area contributed by atoms with Crippen LogP contribution in [0.1, 0.15) is 13.3 Å². The largest absolute Gasteiger partial charge is 0.325 e. The molecule has 0 bridgehead atoms. The Labute approximate surface area is 173 Å². The molecule has 154 valence electrons. The van der Waals surface area contributed by atoms with Gasteiger partial charge in [-0.2, -0.15) is 0 Å². The summed E-state index contributed by atoms with van der Waals surface area (Å²) in [5.74, 6) is -2.05. The maximum atomic E-state index is 13.3. The summed E-state index contributed by atoms with van der Waals surface area (Å²) in [4.78, 5) is 25.1. The molecule has 4 rings (SSSR count). The number of halogens is 2. The van der Waals surface area contributed by atoms with Crippen molar-refractivity contribution in [3.05, 3.63) is 64.5 Å². The summed E-state index contributed by atoms with van der Waals surface area (Å²) in [5.41, 5.74) is 0.672. The number of anilines is 1. The van der Waals surface area contributed by atoms with Gasteiger partial charge in [0.25, 0.3) is 5.56 Å². The zero-order valence-electron chi connectivity index (χ0n) is 15.9. The average Bonchev–Trinajstić information content (AvgIpc) is 3.16. The van der Waals surface area contributed by atoms with Crippen LogP contribution in [0.2, 0.25) is 0 Å². The highest BCUT2D eigenvalue weighted by Gasteiger charge is 2.17. The van der Waals surface area contributed by atoms with Crippen LogP contribution in [-0.4, -0.2) is 30.8 Å². The summed E-state index contributed by atoms with van der Waals surface area (Å²) < 4.78 is 29.7. The van der Waals surface area contributed by atoms with Gasteiger partial charge in [-0.15, -0.1) is 10.2 Å². The number of para-hydroxylation sites is 1. The van der Waals surface area contributed by atoms with Gasteiger partial charge in [-0.3, -0.25) is 18.6 Å². The van der Waals surface area contributed by atoms with E-state index in [1.54, 1.807) is 27.2 Å². The average molecular weight is 429 g/mol. The topological polar surface area (TPSA) is 81.3 Å². The van der Waals surface area contributed by atoms with E-state index in [2.05, 4.69) is 15.5 Å². The fourth-order valence-electron chi connectivity index (χ4n) is 3.15. The molecule has 0 unspecified atom stereocenters. The van der Waals surface area contributed by atoms with Crippen LogP contribution in [0, 0.1) is 11.6 Å². The molecule has 0 aliphatic rings. The van der Waals surface area contributed by atoms with E-state index in [9.17, 15) is 18.4 Å². The highest BCUT2D eigenvalue weighted by Crippen LogP contribution is 2.22. The number of benzene rings is 2. The second kappa shape index (κ2) is 8.23. The molecular weight excluding hydrogens is 412 g/mol. The number of rotatable bonds is 6. The summed E-state index contributed by atoms with van der Waals surface area (Å²) in [6.07, 6.45) is 0.750. The molecule has 10 heteroatoms. The zero-order chi connectivity index (χ0) is 21.3. The number of hydrogen-bond donors (Lipinski definition) is 1. The summed E-state index contributed by atoms with van der Waals surface area (Å²) in [6.45, 7) is 2.46. The van der Waals surface area contributed by atoms with E-state index in [1.165, 1.54) is 6.07 Å². The lowest BCUT2D eigenvalue weighted by Gasteiger charge is -2.10. The van der Waals surface area contributed by atoms with Crippen molar-refractivity contribution >= 4 is 40.0 Å². The minimum absolute atomic E-state index is 0.0268. The first-order valence-electron chi connectivity index (χ1n) is 9.24. The normalized spacial score (nSPS) is 11.3. The molecule has 0 aliphatic carbocycles. The van der Waals surface area contributed by atoms with Crippen molar-refractivity contribution in [1.82, 2.24) is 19.2 Å². The van der Waals surface area contributed by atoms with Crippen LogP contribution < -0.4 is 10.9 Å². The minimum Gasteiger partial charge on any atom is -0.325 e. The van der Waals surface area contributed by atoms with Crippen molar-refractivity contribution in [2.45, 2.75) is 25.0 Å². The Hall–Kier alpha value is -3.27. The van der Waals surface area contributed by atoms with Crippen LogP contribution in [-0.2, 0) is 11.3 Å². The highest BCUT2D eigenvalue weighted by molar-refractivity contribution is 7.99. The van der Waals surface area contributed by atoms with Gasteiger partial charge in [0.1, 0.15) is 0 Å². The first-order valence-corrected chi connectivity index (χ1v) is 10.2. The number of nitrogens with zero attached hydrogens (tertiary/aromatic N) is 4. The van der Waals surface area contributed by atoms with Crippen molar-refractivity contribution in [3.63, 3.8) is 0 Å². The van der Waals surface area contributed by atoms with Gasteiger partial charge in [-0.05, 0) is 30.7 Å². The fourth-order valence-corrected chi connectivity index (χ4v) is 3.89. The molecule has 7 nitrogen and oxygen atoms in total. The van der Waals surface area contributed by atoms with Crippen LogP contribution in [0.15, 0.2) is 52.4 Å². The Morgan fingerprint density at radius 1 is 1.13 bits per heavy atom. The van der Waals surface area contributed by atoms with Gasteiger partial charge in [0.2, 0.25) is 11.7 Å². The molecule has 2 heterocycles. The van der Waals surface area contributed by atoms with E-state index in [-0.39, 0.29) is 17.0 Å². The molecule has 2 aromatic heterocycles. The molecule has 1 amide bonds. The molecule has 0 atom stereocenters. The smallest absolute Gasteiger partial charge is 0.262 e. The number of carbonyl (C=O) groups is 1. The minimum atomic E-state index is -1.04. The van der Waals surface area contributed by atoms with Crippen molar-refractivity contribution < 1.29 is 13.6 Å². The van der Waals surface area contributed by atoms with Crippen LogP contribution in [0.3, 0.4) is 0 Å². The Morgan fingerprint density at radius 3 is 2.70 bits per heavy atom. The number of aromatic nitrogens is 4. The van der Waals surface area contributed by atoms with E-state index in [1.807, 2.05) is 13.0 Å². The summed E-state index contributed by atoms with van der Waals surface area (Å²) in [6, 6.07) is 10.3. The lowest BCUT2D eigenvalue weighted by atomic mass is 10.2. The molecule has 30 heavy (non-hydrogen) atoms. The van der Waals surface area contributed by atoms with Gasteiger partial charge in [0, 0.05) is 18.3 Å². The maximum absolute atomic E-state index is 13.3. The van der Waals surface area contributed by atoms with Gasteiger partial charge in [0.15, 0.2) is 16.8 Å². The molecule has 2 aromatic carbocycles. The second-order valence-corrected chi connectivity index (χ2v) is 7.50. The molecule has 0 aliphatic heterocycles. The van der Waals surface area contributed by atoms with Crippen molar-refractivity contribution in [1.29, 1.82) is 0 Å². The van der Waals surface area contributed by atoms with E-state index in [0.29, 0.717) is 28.4 Å². The summed E-state index contributed by atoms with van der Waals surface area (Å²) >= 11 is 1.13. The van der Waals surface area contributed by atoms with Crippen LogP contribution in [0.4, 0.5) is 14.5 Å². The Bertz CT molecular complexity index is 1320. The molecule has 0 saturated carbocycles. The Balaban J connectivity index is 1.64. The summed E-state index contributed by atoms with van der Waals surface area (Å²) in [7, 11) is 0. The van der Waals surface area contributed by atoms with E-state index < -0.39 is 17.5 Å². The number of fused-ring (bicyclic) bond motifs is 3. The molecule has 0 saturated heterocycles. The van der Waals surface area contributed by atoms with Crippen molar-refractivity contribution in [2.75, 3.05) is 11.1 Å². The number of amides is 1. The predicted octanol–water partition coefficient (Wildman–Crippen LogP) is 3.46. The van der Waals surface area contributed by atoms with Crippen LogP contribution in [0.25, 0.3) is 16.7 Å². The number of thioether (sulfide) groups is 1. The number of nitrogens with one attached hydrogen (secondary N) is 1. The van der Waals surface area contributed by atoms with E-state index >= 15 is 0 Å². The second-order valence-electron chi connectivity index (χ2n) is 6.56. The number of carbonyl (C=O) groups excluding carboxylic acids is 1. The van der Waals surface area contributed by atoms with E-state index in [4.69, 9.17) is 0 Å². The standard InChI is InChI=1S/C20H17F2N5O2S/c1-2-9-26-18(29)13-5-3-4-6-16(13)27-19(26)24-25-20(27)30-11-17(28)23-12-7-8-14(21)15(22)10-12/h3-8,10H,2,9,11H2,1H3,(H,23,28). The summed E-state index contributed by atoms with van der Waals surface area (Å²) in [5, 5.41) is 11.8. The monoisotopic (exact) mass is 429 g/mol. The third kappa shape index (κ3) is 3.65. The molecule has 0 fully saturated rings. The Morgan fingerprint density at radius 2 is 1.93 bits per heavy atom. The lowest BCUT2D eigenvalue weighted by molar-refractivity contribution is -0.113. The number of aryl methyl sites for hydroxylation is 1. The van der Waals surface area contributed by atoms with Gasteiger partial charge in [-0.1, -0.05) is 30.8 Å². The molecular formula is C20H17F2N5O2S. The third-order valence-corrected chi connectivity index (χ3v) is 5.39. The van der Waals surface area contributed by atoms with Gasteiger partial charge < -0.3 is 5.32 Å². The third-order valence-electron chi connectivity index (χ3n) is 4.46. The van der Waals surface area contributed by atoms with Crippen LogP contribution in [0.5, 0.6) is 0 Å². The van der Waals surface area contributed by atoms with Crippen molar-refractivity contribution in [2.24, 2.45) is 0 Å². The first-order chi connectivity index (χ1) is 14.5. The maximum Gasteiger partial charge on any atom is 0.262 e. The van der Waals surface area contributed by atoms with Gasteiger partial charge in [-0.25, -0.2) is 8.78 Å². The first kappa shape index (κ1) is 20.0.